The van der Waals surface area contributed by atoms with Crippen LogP contribution in [0.15, 0.2) is 30.3 Å². The molecule has 16 heavy (non-hydrogen) atoms. The first kappa shape index (κ1) is 10.9. The standard InChI is InChI=1S/C13H13NOS/c1-8-7-10(14)4-5-11(8)13(15)12-6-3-9(2)16-12/h3-7H,14H2,1-2H3. The van der Waals surface area contributed by atoms with Gasteiger partial charge in [-0.3, -0.25) is 4.79 Å². The van der Waals surface area contributed by atoms with Crippen LogP contribution in [0.5, 0.6) is 0 Å². The van der Waals surface area contributed by atoms with Gasteiger partial charge in [-0.2, -0.15) is 0 Å². The van der Waals surface area contributed by atoms with E-state index < -0.39 is 0 Å². The molecule has 2 nitrogen and oxygen atoms in total. The van der Waals surface area contributed by atoms with Crippen LogP contribution in [-0.4, -0.2) is 5.78 Å². The molecule has 0 aliphatic rings. The summed E-state index contributed by atoms with van der Waals surface area (Å²) in [6, 6.07) is 9.22. The minimum absolute atomic E-state index is 0.0793. The van der Waals surface area contributed by atoms with Gasteiger partial charge in [-0.25, -0.2) is 0 Å². The summed E-state index contributed by atoms with van der Waals surface area (Å²) < 4.78 is 0. The molecule has 82 valence electrons. The highest BCUT2D eigenvalue weighted by atomic mass is 32.1. The van der Waals surface area contributed by atoms with Crippen molar-refractivity contribution in [2.45, 2.75) is 13.8 Å². The van der Waals surface area contributed by atoms with E-state index in [9.17, 15) is 4.79 Å². The lowest BCUT2D eigenvalue weighted by molar-refractivity contribution is 0.104. The third-order valence-corrected chi connectivity index (χ3v) is 3.46. The van der Waals surface area contributed by atoms with Gasteiger partial charge in [0.1, 0.15) is 0 Å². The molecular formula is C13H13NOS. The Morgan fingerprint density at radius 1 is 1.19 bits per heavy atom. The summed E-state index contributed by atoms with van der Waals surface area (Å²) in [6.45, 7) is 3.90. The summed E-state index contributed by atoms with van der Waals surface area (Å²) in [5, 5.41) is 0. The van der Waals surface area contributed by atoms with Crippen molar-refractivity contribution in [3.63, 3.8) is 0 Å². The number of nitrogen functional groups attached to an aromatic ring is 1. The minimum atomic E-state index is 0.0793. The molecule has 0 aliphatic heterocycles. The SMILES string of the molecule is Cc1ccc(C(=O)c2ccc(N)cc2C)s1. The summed E-state index contributed by atoms with van der Waals surface area (Å²) in [5.41, 5.74) is 8.01. The highest BCUT2D eigenvalue weighted by Gasteiger charge is 2.13. The predicted octanol–water partition coefficient (Wildman–Crippen LogP) is 3.18. The Hall–Kier alpha value is -1.61. The maximum atomic E-state index is 12.2. The number of rotatable bonds is 2. The maximum Gasteiger partial charge on any atom is 0.203 e. The Bertz CT molecular complexity index is 543. The molecule has 0 radical (unpaired) electrons. The minimum Gasteiger partial charge on any atom is -0.399 e. The van der Waals surface area contributed by atoms with E-state index in [2.05, 4.69) is 0 Å². The fourth-order valence-corrected chi connectivity index (χ4v) is 2.45. The smallest absolute Gasteiger partial charge is 0.203 e. The normalized spacial score (nSPS) is 10.4. The second-order valence-electron chi connectivity index (χ2n) is 3.81. The first-order valence-corrected chi connectivity index (χ1v) is 5.87. The molecule has 0 fully saturated rings. The lowest BCUT2D eigenvalue weighted by Crippen LogP contribution is -2.02. The van der Waals surface area contributed by atoms with Crippen LogP contribution >= 0.6 is 11.3 Å². The van der Waals surface area contributed by atoms with Crippen molar-refractivity contribution in [2.75, 3.05) is 5.73 Å². The third kappa shape index (κ3) is 1.99. The van der Waals surface area contributed by atoms with Crippen molar-refractivity contribution in [2.24, 2.45) is 0 Å². The molecule has 0 amide bonds. The van der Waals surface area contributed by atoms with Gasteiger partial charge in [-0.05, 0) is 49.7 Å². The first-order valence-electron chi connectivity index (χ1n) is 5.05. The Morgan fingerprint density at radius 3 is 2.50 bits per heavy atom. The average molecular weight is 231 g/mol. The Morgan fingerprint density at radius 2 is 1.94 bits per heavy atom. The number of aryl methyl sites for hydroxylation is 2. The van der Waals surface area contributed by atoms with Crippen molar-refractivity contribution >= 4 is 22.8 Å². The van der Waals surface area contributed by atoms with Crippen LogP contribution < -0.4 is 5.73 Å². The van der Waals surface area contributed by atoms with E-state index in [1.807, 2.05) is 32.0 Å². The van der Waals surface area contributed by atoms with Crippen LogP contribution in [0.25, 0.3) is 0 Å². The number of benzene rings is 1. The zero-order valence-electron chi connectivity index (χ0n) is 9.28. The van der Waals surface area contributed by atoms with Crippen LogP contribution in [0.2, 0.25) is 0 Å². The molecule has 0 spiro atoms. The van der Waals surface area contributed by atoms with Gasteiger partial charge in [-0.15, -0.1) is 11.3 Å². The molecule has 2 aromatic rings. The quantitative estimate of drug-likeness (QED) is 0.637. The van der Waals surface area contributed by atoms with E-state index in [-0.39, 0.29) is 5.78 Å². The van der Waals surface area contributed by atoms with E-state index >= 15 is 0 Å². The largest absolute Gasteiger partial charge is 0.399 e. The lowest BCUT2D eigenvalue weighted by atomic mass is 10.0. The van der Waals surface area contributed by atoms with Crippen molar-refractivity contribution < 1.29 is 4.79 Å². The molecule has 1 aromatic carbocycles. The molecular weight excluding hydrogens is 218 g/mol. The first-order chi connectivity index (χ1) is 7.58. The molecule has 0 atom stereocenters. The van der Waals surface area contributed by atoms with Crippen LogP contribution in [0.3, 0.4) is 0 Å². The van der Waals surface area contributed by atoms with Gasteiger partial charge in [0.25, 0.3) is 0 Å². The summed E-state index contributed by atoms with van der Waals surface area (Å²) in [5.74, 6) is 0.0793. The molecule has 0 saturated carbocycles. The van der Waals surface area contributed by atoms with Crippen LogP contribution in [0.1, 0.15) is 25.7 Å². The predicted molar refractivity (Wildman–Crippen MR) is 68.1 cm³/mol. The molecule has 1 aromatic heterocycles. The van der Waals surface area contributed by atoms with Crippen LogP contribution in [0.4, 0.5) is 5.69 Å². The second-order valence-corrected chi connectivity index (χ2v) is 5.10. The summed E-state index contributed by atoms with van der Waals surface area (Å²) in [6.07, 6.45) is 0. The molecule has 0 aliphatic carbocycles. The van der Waals surface area contributed by atoms with E-state index in [0.29, 0.717) is 5.69 Å². The molecule has 2 rings (SSSR count). The van der Waals surface area contributed by atoms with Crippen molar-refractivity contribution in [3.8, 4) is 0 Å². The molecule has 0 bridgehead atoms. The molecule has 1 heterocycles. The van der Waals surface area contributed by atoms with Gasteiger partial charge in [0.15, 0.2) is 0 Å². The highest BCUT2D eigenvalue weighted by Crippen LogP contribution is 2.22. The number of hydrogen-bond acceptors (Lipinski definition) is 3. The number of carbonyl (C=O) groups is 1. The van der Waals surface area contributed by atoms with E-state index in [1.54, 1.807) is 12.1 Å². The molecule has 0 unspecified atom stereocenters. The van der Waals surface area contributed by atoms with Gasteiger partial charge in [0.05, 0.1) is 4.88 Å². The van der Waals surface area contributed by atoms with Gasteiger partial charge < -0.3 is 5.73 Å². The van der Waals surface area contributed by atoms with Crippen LogP contribution in [-0.2, 0) is 0 Å². The average Bonchev–Trinajstić information content (AvgIpc) is 2.64. The number of anilines is 1. The molecule has 0 saturated heterocycles. The van der Waals surface area contributed by atoms with Crippen molar-refractivity contribution in [1.82, 2.24) is 0 Å². The van der Waals surface area contributed by atoms with Crippen molar-refractivity contribution in [1.29, 1.82) is 0 Å². The number of thiophene rings is 1. The second kappa shape index (κ2) is 4.10. The number of carbonyl (C=O) groups excluding carboxylic acids is 1. The fraction of sp³-hybridized carbons (Fsp3) is 0.154. The number of nitrogens with two attached hydrogens (primary N) is 1. The zero-order valence-corrected chi connectivity index (χ0v) is 10.1. The summed E-state index contributed by atoms with van der Waals surface area (Å²) in [7, 11) is 0. The summed E-state index contributed by atoms with van der Waals surface area (Å²) in [4.78, 5) is 14.1. The highest BCUT2D eigenvalue weighted by molar-refractivity contribution is 7.14. The Balaban J connectivity index is 2.41. The van der Waals surface area contributed by atoms with Gasteiger partial charge in [0, 0.05) is 16.1 Å². The van der Waals surface area contributed by atoms with Crippen LogP contribution in [0, 0.1) is 13.8 Å². The van der Waals surface area contributed by atoms with Gasteiger partial charge in [-0.1, -0.05) is 0 Å². The third-order valence-electron chi connectivity index (χ3n) is 2.46. The lowest BCUT2D eigenvalue weighted by Gasteiger charge is -2.04. The topological polar surface area (TPSA) is 43.1 Å². The molecule has 3 heteroatoms. The van der Waals surface area contributed by atoms with E-state index in [1.165, 1.54) is 11.3 Å². The number of ketones is 1. The Kier molecular flexibility index (Phi) is 2.79. The zero-order chi connectivity index (χ0) is 11.7. The maximum absolute atomic E-state index is 12.2. The number of hydrogen-bond donors (Lipinski definition) is 1. The van der Waals surface area contributed by atoms with Gasteiger partial charge >= 0.3 is 0 Å². The fourth-order valence-electron chi connectivity index (χ4n) is 1.63. The molecule has 2 N–H and O–H groups in total. The summed E-state index contributed by atoms with van der Waals surface area (Å²) >= 11 is 1.52. The van der Waals surface area contributed by atoms with E-state index in [0.717, 1.165) is 20.9 Å². The Labute approximate surface area is 98.7 Å². The monoisotopic (exact) mass is 231 g/mol. The van der Waals surface area contributed by atoms with E-state index in [4.69, 9.17) is 5.73 Å². The van der Waals surface area contributed by atoms with Crippen molar-refractivity contribution in [3.05, 3.63) is 51.2 Å². The van der Waals surface area contributed by atoms with Gasteiger partial charge in [0.2, 0.25) is 5.78 Å².